The highest BCUT2D eigenvalue weighted by Crippen LogP contribution is 2.42. The number of benzene rings is 1. The highest BCUT2D eigenvalue weighted by molar-refractivity contribution is 6.50. The van der Waals surface area contributed by atoms with E-state index in [1.807, 2.05) is 39.0 Å². The van der Waals surface area contributed by atoms with E-state index in [0.29, 0.717) is 23.8 Å². The largest absolute Gasteiger partial charge is 0.507 e. The fraction of sp³-hybridized carbons (Fsp3) is 0.296. The molecule has 1 amide bonds. The van der Waals surface area contributed by atoms with Gasteiger partial charge in [-0.3, -0.25) is 14.5 Å². The van der Waals surface area contributed by atoms with Crippen LogP contribution < -0.4 is 4.90 Å². The minimum atomic E-state index is -4.59. The summed E-state index contributed by atoms with van der Waals surface area (Å²) in [7, 11) is 0. The fourth-order valence-corrected chi connectivity index (χ4v) is 4.20. The maximum Gasteiger partial charge on any atom is 0.417 e. The molecule has 2 heterocycles. The SMILES string of the molecule is CC1C=CC(C(O)=C2C(=O)C(=O)N(c3ccc(C(F)(F)F)cn3)C2c2ccc(C(C)C)cc2)=CC1. The second-order valence-corrected chi connectivity index (χ2v) is 9.12. The molecule has 0 saturated carbocycles. The maximum absolute atomic E-state index is 13.2. The van der Waals surface area contributed by atoms with Gasteiger partial charge in [-0.2, -0.15) is 13.2 Å². The monoisotopic (exact) mass is 482 g/mol. The van der Waals surface area contributed by atoms with Gasteiger partial charge in [-0.05, 0) is 41.5 Å². The van der Waals surface area contributed by atoms with Crippen molar-refractivity contribution >= 4 is 17.5 Å². The quantitative estimate of drug-likeness (QED) is 0.319. The third kappa shape index (κ3) is 4.65. The van der Waals surface area contributed by atoms with E-state index in [1.165, 1.54) is 0 Å². The molecule has 35 heavy (non-hydrogen) atoms. The Morgan fingerprint density at radius 1 is 1.11 bits per heavy atom. The standard InChI is InChI=1S/C27H25F3N2O3/c1-15(2)17-8-10-18(11-9-17)23-22(24(33)19-6-4-16(3)5-7-19)25(34)26(35)32(23)21-13-12-20(14-31-21)27(28,29)30/h4,6-16,23,33H,5H2,1-3H3. The average molecular weight is 483 g/mol. The first-order valence-electron chi connectivity index (χ1n) is 11.3. The molecule has 1 N–H and O–H groups in total. The normalized spacial score (nSPS) is 22.1. The minimum absolute atomic E-state index is 0.112. The summed E-state index contributed by atoms with van der Waals surface area (Å²) >= 11 is 0. The number of amides is 1. The molecular formula is C27H25F3N2O3. The predicted octanol–water partition coefficient (Wildman–Crippen LogP) is 6.22. The van der Waals surface area contributed by atoms with Crippen LogP contribution in [0.4, 0.5) is 19.0 Å². The van der Waals surface area contributed by atoms with Crippen LogP contribution in [-0.4, -0.2) is 21.8 Å². The van der Waals surface area contributed by atoms with E-state index >= 15 is 0 Å². The predicted molar refractivity (Wildman–Crippen MR) is 126 cm³/mol. The van der Waals surface area contributed by atoms with Crippen LogP contribution in [0.1, 0.15) is 55.8 Å². The fourth-order valence-electron chi connectivity index (χ4n) is 4.20. The Morgan fingerprint density at radius 3 is 2.31 bits per heavy atom. The van der Waals surface area contributed by atoms with Crippen molar-refractivity contribution in [3.63, 3.8) is 0 Å². The summed E-state index contributed by atoms with van der Waals surface area (Å²) in [6.07, 6.45) is 2.08. The highest BCUT2D eigenvalue weighted by Gasteiger charge is 2.48. The molecule has 1 aromatic carbocycles. The molecule has 5 nitrogen and oxygen atoms in total. The molecule has 2 unspecified atom stereocenters. The van der Waals surface area contributed by atoms with Gasteiger partial charge >= 0.3 is 12.1 Å². The van der Waals surface area contributed by atoms with E-state index in [0.717, 1.165) is 22.6 Å². The highest BCUT2D eigenvalue weighted by atomic mass is 19.4. The van der Waals surface area contributed by atoms with Crippen LogP contribution in [0.3, 0.4) is 0 Å². The number of carbonyl (C=O) groups is 2. The number of halogens is 3. The molecule has 1 saturated heterocycles. The number of carbonyl (C=O) groups excluding carboxylic acids is 2. The molecule has 1 aromatic heterocycles. The van der Waals surface area contributed by atoms with Crippen LogP contribution in [0, 0.1) is 5.92 Å². The smallest absolute Gasteiger partial charge is 0.417 e. The van der Waals surface area contributed by atoms with E-state index in [4.69, 9.17) is 0 Å². The summed E-state index contributed by atoms with van der Waals surface area (Å²) in [6.45, 7) is 6.06. The van der Waals surface area contributed by atoms with Crippen molar-refractivity contribution in [2.24, 2.45) is 5.92 Å². The third-order valence-corrected chi connectivity index (χ3v) is 6.27. The van der Waals surface area contributed by atoms with Crippen LogP contribution in [-0.2, 0) is 15.8 Å². The number of anilines is 1. The van der Waals surface area contributed by atoms with Crippen LogP contribution in [0.2, 0.25) is 0 Å². The number of alkyl halides is 3. The Balaban J connectivity index is 1.86. The van der Waals surface area contributed by atoms with Crippen LogP contribution >= 0.6 is 0 Å². The molecule has 1 aliphatic carbocycles. The Kier molecular flexibility index (Phi) is 6.40. The van der Waals surface area contributed by atoms with Gasteiger partial charge < -0.3 is 5.11 Å². The van der Waals surface area contributed by atoms with Gasteiger partial charge in [0, 0.05) is 11.8 Å². The van der Waals surface area contributed by atoms with E-state index in [1.54, 1.807) is 24.3 Å². The summed E-state index contributed by atoms with van der Waals surface area (Å²) < 4.78 is 39.2. The summed E-state index contributed by atoms with van der Waals surface area (Å²) in [6, 6.07) is 8.06. The van der Waals surface area contributed by atoms with Crippen molar-refractivity contribution in [3.05, 3.63) is 94.4 Å². The van der Waals surface area contributed by atoms with Crippen molar-refractivity contribution < 1.29 is 27.9 Å². The molecular weight excluding hydrogens is 457 g/mol. The molecule has 0 radical (unpaired) electrons. The van der Waals surface area contributed by atoms with Crippen LogP contribution in [0.5, 0.6) is 0 Å². The van der Waals surface area contributed by atoms with Crippen molar-refractivity contribution in [3.8, 4) is 0 Å². The number of rotatable bonds is 4. The first-order valence-corrected chi connectivity index (χ1v) is 11.3. The lowest BCUT2D eigenvalue weighted by atomic mass is 9.91. The Morgan fingerprint density at radius 2 is 1.80 bits per heavy atom. The number of pyridine rings is 1. The van der Waals surface area contributed by atoms with Gasteiger partial charge in [-0.1, -0.05) is 63.3 Å². The van der Waals surface area contributed by atoms with Crippen LogP contribution in [0.15, 0.2) is 77.7 Å². The zero-order valence-corrected chi connectivity index (χ0v) is 19.5. The van der Waals surface area contributed by atoms with E-state index in [2.05, 4.69) is 4.98 Å². The zero-order chi connectivity index (χ0) is 25.5. The van der Waals surface area contributed by atoms with E-state index in [-0.39, 0.29) is 29.0 Å². The minimum Gasteiger partial charge on any atom is -0.507 e. The Bertz CT molecular complexity index is 1240. The average Bonchev–Trinajstić information content (AvgIpc) is 3.09. The molecule has 8 heteroatoms. The number of Topliss-reactive ketones (excluding diaryl/α,β-unsaturated/α-hetero) is 1. The van der Waals surface area contributed by atoms with Gasteiger partial charge in [-0.15, -0.1) is 0 Å². The lowest BCUT2D eigenvalue weighted by molar-refractivity contribution is -0.137. The van der Waals surface area contributed by atoms with Gasteiger partial charge in [0.05, 0.1) is 17.2 Å². The molecule has 4 rings (SSSR count). The number of allylic oxidation sites excluding steroid dienone is 3. The second-order valence-electron chi connectivity index (χ2n) is 9.12. The molecule has 182 valence electrons. The van der Waals surface area contributed by atoms with Crippen molar-refractivity contribution in [2.45, 2.75) is 45.3 Å². The first-order chi connectivity index (χ1) is 16.5. The zero-order valence-electron chi connectivity index (χ0n) is 19.5. The lowest BCUT2D eigenvalue weighted by Gasteiger charge is -2.25. The molecule has 2 atom stereocenters. The summed E-state index contributed by atoms with van der Waals surface area (Å²) in [5, 5.41) is 11.1. The Hall–Kier alpha value is -3.68. The van der Waals surface area contributed by atoms with Gasteiger partial charge in [0.15, 0.2) is 0 Å². The summed E-state index contributed by atoms with van der Waals surface area (Å²) in [5.74, 6) is -1.81. The molecule has 0 spiro atoms. The summed E-state index contributed by atoms with van der Waals surface area (Å²) in [4.78, 5) is 31.2. The lowest BCUT2D eigenvalue weighted by Crippen LogP contribution is -2.30. The number of hydrogen-bond acceptors (Lipinski definition) is 4. The molecule has 1 fully saturated rings. The van der Waals surface area contributed by atoms with Crippen molar-refractivity contribution in [2.75, 3.05) is 4.90 Å². The topological polar surface area (TPSA) is 70.5 Å². The molecule has 1 aliphatic heterocycles. The number of nitrogens with zero attached hydrogens (tertiary/aromatic N) is 2. The second kappa shape index (κ2) is 9.17. The number of hydrogen-bond donors (Lipinski definition) is 1. The number of ketones is 1. The first kappa shape index (κ1) is 24.4. The molecule has 2 aliphatic rings. The van der Waals surface area contributed by atoms with Crippen molar-refractivity contribution in [1.29, 1.82) is 0 Å². The number of aromatic nitrogens is 1. The van der Waals surface area contributed by atoms with Gasteiger partial charge in [0.2, 0.25) is 0 Å². The van der Waals surface area contributed by atoms with Gasteiger partial charge in [0.25, 0.3) is 5.78 Å². The Labute approximate surface area is 201 Å². The van der Waals surface area contributed by atoms with E-state index in [9.17, 15) is 27.9 Å². The van der Waals surface area contributed by atoms with E-state index < -0.39 is 29.5 Å². The summed E-state index contributed by atoms with van der Waals surface area (Å²) in [5.41, 5.74) is 0.892. The van der Waals surface area contributed by atoms with Crippen molar-refractivity contribution in [1.82, 2.24) is 4.98 Å². The number of aliphatic hydroxyl groups excluding tert-OH is 1. The maximum atomic E-state index is 13.2. The molecule has 2 aromatic rings. The number of aliphatic hydroxyl groups is 1. The molecule has 0 bridgehead atoms. The third-order valence-electron chi connectivity index (χ3n) is 6.27. The van der Waals surface area contributed by atoms with Gasteiger partial charge in [-0.25, -0.2) is 4.98 Å². The van der Waals surface area contributed by atoms with Crippen LogP contribution in [0.25, 0.3) is 0 Å². The van der Waals surface area contributed by atoms with Gasteiger partial charge in [0.1, 0.15) is 11.6 Å².